The van der Waals surface area contributed by atoms with E-state index in [1.807, 2.05) is 55.6 Å². The first-order chi connectivity index (χ1) is 11.8. The van der Waals surface area contributed by atoms with Gasteiger partial charge in [0.2, 0.25) is 0 Å². The highest BCUT2D eigenvalue weighted by molar-refractivity contribution is 6.36. The highest BCUT2D eigenvalue weighted by Gasteiger charge is 2.12. The van der Waals surface area contributed by atoms with Crippen LogP contribution in [0.4, 0.5) is 5.69 Å². The molecule has 1 aromatic heterocycles. The number of halogens is 1. The van der Waals surface area contributed by atoms with E-state index >= 15 is 0 Å². The Labute approximate surface area is 146 Å². The van der Waals surface area contributed by atoms with Crippen LogP contribution in [-0.2, 0) is 0 Å². The Kier molecular flexibility index (Phi) is 5.51. The van der Waals surface area contributed by atoms with Gasteiger partial charge in [0.25, 0.3) is 0 Å². The summed E-state index contributed by atoms with van der Waals surface area (Å²) in [6, 6.07) is 15.3. The summed E-state index contributed by atoms with van der Waals surface area (Å²) in [5.41, 5.74) is 1.73. The maximum atomic E-state index is 6.43. The number of pyridine rings is 1. The van der Waals surface area contributed by atoms with Crippen LogP contribution in [0.3, 0.4) is 0 Å². The Morgan fingerprint density at radius 1 is 1.04 bits per heavy atom. The molecule has 2 aromatic carbocycles. The molecule has 124 valence electrons. The van der Waals surface area contributed by atoms with Gasteiger partial charge in [-0.2, -0.15) is 0 Å². The molecule has 5 heteroatoms. The van der Waals surface area contributed by atoms with Crippen LogP contribution < -0.4 is 15.4 Å². The highest BCUT2D eigenvalue weighted by atomic mass is 35.5. The van der Waals surface area contributed by atoms with Crippen LogP contribution in [0.25, 0.3) is 10.9 Å². The number of benzene rings is 2. The summed E-state index contributed by atoms with van der Waals surface area (Å²) in [5, 5.41) is 8.12. The van der Waals surface area contributed by atoms with Crippen LogP contribution in [-0.4, -0.2) is 25.1 Å². The number of ether oxygens (including phenoxy) is 1. The fraction of sp³-hybridized carbons (Fsp3) is 0.211. The van der Waals surface area contributed by atoms with Crippen LogP contribution in [0.2, 0.25) is 5.02 Å². The minimum Gasteiger partial charge on any atom is -0.455 e. The Balaban J connectivity index is 1.93. The molecule has 0 spiro atoms. The lowest BCUT2D eigenvalue weighted by molar-refractivity contribution is 0.487. The second-order valence-corrected chi connectivity index (χ2v) is 5.83. The molecule has 0 radical (unpaired) electrons. The van der Waals surface area contributed by atoms with Crippen molar-refractivity contribution in [1.29, 1.82) is 0 Å². The van der Waals surface area contributed by atoms with E-state index in [2.05, 4.69) is 15.6 Å². The summed E-state index contributed by atoms with van der Waals surface area (Å²) in [6.07, 6.45) is 2.80. The minimum absolute atomic E-state index is 0.662. The Bertz CT molecular complexity index is 808. The van der Waals surface area contributed by atoms with Crippen molar-refractivity contribution >= 4 is 28.2 Å². The van der Waals surface area contributed by atoms with Crippen LogP contribution in [0.5, 0.6) is 11.5 Å². The van der Waals surface area contributed by atoms with Crippen LogP contribution in [0.15, 0.2) is 54.7 Å². The number of anilines is 1. The summed E-state index contributed by atoms with van der Waals surface area (Å²) in [7, 11) is 1.95. The number of fused-ring (bicyclic) bond motifs is 1. The molecule has 0 unspecified atom stereocenters. The molecule has 0 aliphatic rings. The zero-order chi connectivity index (χ0) is 16.8. The lowest BCUT2D eigenvalue weighted by Gasteiger charge is -2.13. The van der Waals surface area contributed by atoms with E-state index in [0.29, 0.717) is 10.8 Å². The van der Waals surface area contributed by atoms with E-state index in [1.54, 1.807) is 6.20 Å². The molecule has 4 nitrogen and oxygen atoms in total. The van der Waals surface area contributed by atoms with E-state index in [4.69, 9.17) is 16.3 Å². The van der Waals surface area contributed by atoms with E-state index in [9.17, 15) is 0 Å². The molecule has 2 N–H and O–H groups in total. The molecule has 0 fully saturated rings. The monoisotopic (exact) mass is 341 g/mol. The Hall–Kier alpha value is -2.30. The lowest BCUT2D eigenvalue weighted by Crippen LogP contribution is -2.13. The first-order valence-electron chi connectivity index (χ1n) is 7.98. The molecule has 3 aromatic rings. The van der Waals surface area contributed by atoms with E-state index < -0.39 is 0 Å². The Morgan fingerprint density at radius 3 is 2.67 bits per heavy atom. The minimum atomic E-state index is 0.662. The number of hydrogen-bond acceptors (Lipinski definition) is 4. The van der Waals surface area contributed by atoms with Gasteiger partial charge in [-0.15, -0.1) is 0 Å². The van der Waals surface area contributed by atoms with Crippen LogP contribution in [0, 0.1) is 0 Å². The maximum absolute atomic E-state index is 6.43. The largest absolute Gasteiger partial charge is 0.455 e. The zero-order valence-electron chi connectivity index (χ0n) is 13.6. The predicted molar refractivity (Wildman–Crippen MR) is 100 cm³/mol. The molecule has 0 atom stereocenters. The fourth-order valence-corrected chi connectivity index (χ4v) is 2.79. The number of nitrogens with zero attached hydrogens (tertiary/aromatic N) is 1. The average molecular weight is 342 g/mol. The summed E-state index contributed by atoms with van der Waals surface area (Å²) in [4.78, 5) is 4.48. The van der Waals surface area contributed by atoms with Crippen molar-refractivity contribution in [1.82, 2.24) is 10.3 Å². The van der Waals surface area contributed by atoms with Crippen molar-refractivity contribution in [2.24, 2.45) is 0 Å². The molecule has 0 aliphatic carbocycles. The maximum Gasteiger partial charge on any atom is 0.153 e. The second-order valence-electron chi connectivity index (χ2n) is 5.43. The summed E-state index contributed by atoms with van der Waals surface area (Å²) >= 11 is 6.43. The molecule has 1 heterocycles. The van der Waals surface area contributed by atoms with E-state index in [1.165, 1.54) is 0 Å². The standard InChI is InChI=1S/C19H20ClN3O/c1-21-11-5-12-22-16-10-13-23-19-17(9-8-15(20)18(16)19)24-14-6-3-2-4-7-14/h2-4,6-10,13,21H,5,11-12H2,1H3,(H,22,23). The van der Waals surface area contributed by atoms with Crippen molar-refractivity contribution < 1.29 is 4.74 Å². The molecule has 0 amide bonds. The fourth-order valence-electron chi connectivity index (χ4n) is 2.53. The van der Waals surface area contributed by atoms with Gasteiger partial charge in [0.1, 0.15) is 11.3 Å². The molecule has 0 aliphatic heterocycles. The summed E-state index contributed by atoms with van der Waals surface area (Å²) in [5.74, 6) is 1.47. The lowest BCUT2D eigenvalue weighted by atomic mass is 10.1. The third-order valence-corrected chi connectivity index (χ3v) is 4.01. The molecular weight excluding hydrogens is 322 g/mol. The number of rotatable bonds is 7. The molecule has 24 heavy (non-hydrogen) atoms. The zero-order valence-corrected chi connectivity index (χ0v) is 14.3. The summed E-state index contributed by atoms with van der Waals surface area (Å²) in [6.45, 7) is 1.83. The van der Waals surface area contributed by atoms with Gasteiger partial charge >= 0.3 is 0 Å². The molecule has 0 bridgehead atoms. The van der Waals surface area contributed by atoms with Gasteiger partial charge in [0, 0.05) is 23.8 Å². The SMILES string of the molecule is CNCCCNc1ccnc2c(Oc3ccccc3)ccc(Cl)c12. The van der Waals surface area contributed by atoms with Gasteiger partial charge < -0.3 is 15.4 Å². The first kappa shape index (κ1) is 16.6. The number of hydrogen-bond donors (Lipinski definition) is 2. The topological polar surface area (TPSA) is 46.2 Å². The van der Waals surface area contributed by atoms with Gasteiger partial charge in [-0.25, -0.2) is 0 Å². The van der Waals surface area contributed by atoms with Gasteiger partial charge in [0.15, 0.2) is 5.75 Å². The quantitative estimate of drug-likeness (QED) is 0.611. The number of nitrogens with one attached hydrogen (secondary N) is 2. The third-order valence-electron chi connectivity index (χ3n) is 3.69. The second kappa shape index (κ2) is 7.99. The molecule has 3 rings (SSSR count). The number of aromatic nitrogens is 1. The third kappa shape index (κ3) is 3.78. The molecule has 0 saturated heterocycles. The smallest absolute Gasteiger partial charge is 0.153 e. The van der Waals surface area contributed by atoms with Gasteiger partial charge in [-0.3, -0.25) is 4.98 Å². The van der Waals surface area contributed by atoms with Crippen molar-refractivity contribution in [3.63, 3.8) is 0 Å². The summed E-state index contributed by atoms with van der Waals surface area (Å²) < 4.78 is 5.99. The van der Waals surface area contributed by atoms with Gasteiger partial charge in [-0.05, 0) is 50.3 Å². The first-order valence-corrected chi connectivity index (χ1v) is 8.36. The van der Waals surface area contributed by atoms with Gasteiger partial charge in [0.05, 0.1) is 5.02 Å². The van der Waals surface area contributed by atoms with E-state index in [-0.39, 0.29) is 0 Å². The van der Waals surface area contributed by atoms with Crippen LogP contribution >= 0.6 is 11.6 Å². The molecular formula is C19H20ClN3O. The predicted octanol–water partition coefficient (Wildman–Crippen LogP) is 4.70. The number of para-hydroxylation sites is 1. The van der Waals surface area contributed by atoms with Gasteiger partial charge in [-0.1, -0.05) is 29.8 Å². The van der Waals surface area contributed by atoms with E-state index in [0.717, 1.165) is 41.9 Å². The highest BCUT2D eigenvalue weighted by Crippen LogP contribution is 2.36. The van der Waals surface area contributed by atoms with Crippen molar-refractivity contribution in [3.8, 4) is 11.5 Å². The average Bonchev–Trinajstić information content (AvgIpc) is 2.62. The van der Waals surface area contributed by atoms with Crippen molar-refractivity contribution in [2.75, 3.05) is 25.5 Å². The van der Waals surface area contributed by atoms with Crippen molar-refractivity contribution in [2.45, 2.75) is 6.42 Å². The van der Waals surface area contributed by atoms with Crippen molar-refractivity contribution in [3.05, 3.63) is 59.8 Å². The normalized spacial score (nSPS) is 10.8. The Morgan fingerprint density at radius 2 is 1.88 bits per heavy atom. The molecule has 0 saturated carbocycles. The van der Waals surface area contributed by atoms with Crippen LogP contribution in [0.1, 0.15) is 6.42 Å².